The van der Waals surface area contributed by atoms with Gasteiger partial charge in [-0.1, -0.05) is 152 Å². The molecule has 0 spiro atoms. The van der Waals surface area contributed by atoms with Crippen LogP contribution in [0.2, 0.25) is 0 Å². The van der Waals surface area contributed by atoms with E-state index in [2.05, 4.69) is 227 Å². The molecule has 0 N–H and O–H groups in total. The van der Waals surface area contributed by atoms with E-state index in [4.69, 9.17) is 0 Å². The molecule has 4 heteroatoms. The quantitative estimate of drug-likeness (QED) is 0.175. The van der Waals surface area contributed by atoms with Crippen LogP contribution in [0.25, 0.3) is 21.2 Å². The molecular weight excluding hydrogens is 831 g/mol. The van der Waals surface area contributed by atoms with Crippen molar-refractivity contribution in [3.05, 3.63) is 149 Å². The van der Waals surface area contributed by atoms with Gasteiger partial charge in [0.2, 0.25) is 0 Å². The molecule has 344 valence electrons. The van der Waals surface area contributed by atoms with E-state index in [0.29, 0.717) is 11.3 Å². The van der Waals surface area contributed by atoms with Crippen molar-refractivity contribution in [2.75, 3.05) is 14.7 Å². The van der Waals surface area contributed by atoms with Crippen molar-refractivity contribution >= 4 is 71.9 Å². The van der Waals surface area contributed by atoms with Crippen LogP contribution in [0.15, 0.2) is 115 Å². The Morgan fingerprint density at radius 2 is 1.03 bits per heavy atom. The van der Waals surface area contributed by atoms with Gasteiger partial charge in [-0.25, -0.2) is 0 Å². The Morgan fingerprint density at radius 1 is 0.478 bits per heavy atom. The van der Waals surface area contributed by atoms with Crippen LogP contribution in [0, 0.1) is 11.3 Å². The third-order valence-electron chi connectivity index (χ3n) is 16.3. The summed E-state index contributed by atoms with van der Waals surface area (Å²) in [7, 11) is 0. The van der Waals surface area contributed by atoms with Gasteiger partial charge in [0.1, 0.15) is 5.00 Å². The van der Waals surface area contributed by atoms with Crippen molar-refractivity contribution in [1.29, 1.82) is 0 Å². The fourth-order valence-corrected chi connectivity index (χ4v) is 13.3. The maximum atomic E-state index is 2.69. The highest BCUT2D eigenvalue weighted by molar-refractivity contribution is 7.24. The molecule has 0 radical (unpaired) electrons. The topological polar surface area (TPSA) is 9.72 Å². The number of nitrogens with zero attached hydrogens (tertiary/aromatic N) is 3. The van der Waals surface area contributed by atoms with Crippen molar-refractivity contribution in [3.8, 4) is 11.1 Å². The summed E-state index contributed by atoms with van der Waals surface area (Å²) in [5, 5.41) is 2.61. The highest BCUT2D eigenvalue weighted by Crippen LogP contribution is 2.68. The number of hydrogen-bond acceptors (Lipinski definition) is 4. The van der Waals surface area contributed by atoms with Crippen LogP contribution in [-0.2, 0) is 21.7 Å². The van der Waals surface area contributed by atoms with E-state index in [-0.39, 0.29) is 21.7 Å². The lowest BCUT2D eigenvalue weighted by Gasteiger charge is -2.47. The molecule has 4 aliphatic rings. The van der Waals surface area contributed by atoms with E-state index in [0.717, 1.165) is 5.92 Å². The summed E-state index contributed by atoms with van der Waals surface area (Å²) >= 11 is 1.97. The Morgan fingerprint density at radius 3 is 1.61 bits per heavy atom. The van der Waals surface area contributed by atoms with E-state index < -0.39 is 0 Å². The van der Waals surface area contributed by atoms with Crippen molar-refractivity contribution in [2.45, 2.75) is 150 Å². The maximum absolute atomic E-state index is 2.69. The first-order chi connectivity index (χ1) is 31.5. The number of hydrogen-bond donors (Lipinski definition) is 0. The first-order valence-electron chi connectivity index (χ1n) is 25.1. The summed E-state index contributed by atoms with van der Waals surface area (Å²) in [4.78, 5) is 7.99. The van der Waals surface area contributed by atoms with E-state index >= 15 is 0 Å². The molecule has 1 fully saturated rings. The molecule has 2 aliphatic carbocycles. The number of benzene rings is 6. The van der Waals surface area contributed by atoms with E-state index in [1.807, 2.05) is 11.3 Å². The largest absolute Gasteiger partial charge is 0.306 e. The SMILES string of the molecule is CC(C)(C)c1ccc(N2c3ccc(C(C)(C)C)cc3N3c4sc5cc6c(cc5c4N(c4ccc(C(C)(C)C)cc4)c4cc(C5CCC(C(C)(C)C)CC5)cc2c43)-c2ccccc2C6(C)C)cc1. The molecule has 0 bridgehead atoms. The van der Waals surface area contributed by atoms with Gasteiger partial charge < -0.3 is 9.80 Å². The Bertz CT molecular complexity index is 3090. The average Bonchev–Trinajstić information content (AvgIpc) is 3.75. The Kier molecular flexibility index (Phi) is 9.79. The molecule has 0 unspecified atom stereocenters. The summed E-state index contributed by atoms with van der Waals surface area (Å²) in [6, 6.07) is 45.8. The monoisotopic (exact) mass is 902 g/mol. The van der Waals surface area contributed by atoms with Crippen LogP contribution in [0.4, 0.5) is 50.5 Å². The molecule has 0 atom stereocenters. The van der Waals surface area contributed by atoms with Crippen LogP contribution in [-0.4, -0.2) is 0 Å². The summed E-state index contributed by atoms with van der Waals surface area (Å²) in [5.74, 6) is 1.22. The second-order valence-electron chi connectivity index (χ2n) is 25.2. The second-order valence-corrected chi connectivity index (χ2v) is 26.2. The van der Waals surface area contributed by atoms with Crippen molar-refractivity contribution in [2.24, 2.45) is 11.3 Å². The van der Waals surface area contributed by atoms with Gasteiger partial charge in [-0.15, -0.1) is 11.3 Å². The van der Waals surface area contributed by atoms with Crippen LogP contribution >= 0.6 is 11.3 Å². The normalized spacial score (nSPS) is 18.7. The minimum absolute atomic E-state index is 0.0352. The number of fused-ring (bicyclic) bond motifs is 9. The zero-order chi connectivity index (χ0) is 47.3. The molecule has 3 heterocycles. The molecule has 3 nitrogen and oxygen atoms in total. The third kappa shape index (κ3) is 7.01. The molecule has 0 amide bonds. The van der Waals surface area contributed by atoms with Gasteiger partial charge in [-0.05, 0) is 164 Å². The molecule has 11 rings (SSSR count). The summed E-state index contributed by atoms with van der Waals surface area (Å²) < 4.78 is 1.34. The van der Waals surface area contributed by atoms with Gasteiger partial charge in [-0.3, -0.25) is 4.90 Å². The molecule has 2 aliphatic heterocycles. The molecule has 67 heavy (non-hydrogen) atoms. The van der Waals surface area contributed by atoms with Crippen LogP contribution in [0.3, 0.4) is 0 Å². The van der Waals surface area contributed by atoms with Crippen LogP contribution < -0.4 is 14.7 Å². The predicted molar refractivity (Wildman–Crippen MR) is 291 cm³/mol. The third-order valence-corrected chi connectivity index (χ3v) is 17.4. The maximum Gasteiger partial charge on any atom is 0.126 e. The summed E-state index contributed by atoms with van der Waals surface area (Å²) in [5.41, 5.74) is 21.3. The number of thiophene rings is 1. The van der Waals surface area contributed by atoms with Crippen LogP contribution in [0.5, 0.6) is 0 Å². The second kappa shape index (κ2) is 14.8. The lowest BCUT2D eigenvalue weighted by atomic mass is 9.68. The Balaban J connectivity index is 1.24. The van der Waals surface area contributed by atoms with Crippen LogP contribution in [0.1, 0.15) is 162 Å². The lowest BCUT2D eigenvalue weighted by molar-refractivity contribution is 0.169. The number of anilines is 9. The van der Waals surface area contributed by atoms with Gasteiger partial charge in [-0.2, -0.15) is 0 Å². The molecule has 7 aromatic rings. The van der Waals surface area contributed by atoms with Gasteiger partial charge in [0.05, 0.1) is 34.1 Å². The zero-order valence-electron chi connectivity index (χ0n) is 42.7. The van der Waals surface area contributed by atoms with Gasteiger partial charge >= 0.3 is 0 Å². The lowest BCUT2D eigenvalue weighted by Crippen LogP contribution is -2.31. The smallest absolute Gasteiger partial charge is 0.126 e. The minimum Gasteiger partial charge on any atom is -0.306 e. The van der Waals surface area contributed by atoms with Gasteiger partial charge in [0, 0.05) is 26.9 Å². The zero-order valence-corrected chi connectivity index (χ0v) is 43.5. The Hall–Kier alpha value is -5.32. The van der Waals surface area contributed by atoms with E-state index in [1.165, 1.54) is 131 Å². The molecule has 6 aromatic carbocycles. The van der Waals surface area contributed by atoms with E-state index in [9.17, 15) is 0 Å². The molecule has 1 aromatic heterocycles. The fraction of sp³-hybridized carbons (Fsp3) is 0.397. The van der Waals surface area contributed by atoms with Crippen molar-refractivity contribution < 1.29 is 0 Å². The minimum atomic E-state index is -0.0908. The number of rotatable bonds is 3. The molecular formula is C63H71N3S. The Labute approximate surface area is 405 Å². The van der Waals surface area contributed by atoms with Crippen molar-refractivity contribution in [3.63, 3.8) is 0 Å². The van der Waals surface area contributed by atoms with E-state index in [1.54, 1.807) is 0 Å². The first-order valence-corrected chi connectivity index (χ1v) is 26.0. The average molecular weight is 902 g/mol. The first kappa shape index (κ1) is 44.2. The summed E-state index contributed by atoms with van der Waals surface area (Å²) in [6.45, 7) is 33.1. The van der Waals surface area contributed by atoms with Gasteiger partial charge in [0.15, 0.2) is 0 Å². The van der Waals surface area contributed by atoms with Crippen molar-refractivity contribution in [1.82, 2.24) is 0 Å². The molecule has 1 saturated carbocycles. The molecule has 0 saturated heterocycles. The van der Waals surface area contributed by atoms with Gasteiger partial charge in [0.25, 0.3) is 0 Å². The standard InChI is InChI=1S/C63H71N3S/c1-59(2,3)40-21-19-38(20-22-40)39-33-53-57-54(34-39)65(45-30-25-42(26-31-45)61(7,8)9)56-48-36-47-46-17-15-16-18-49(46)63(13,14)50(47)37-55(48)67-58(56)66(57)52-35-43(62(10,11)12)27-32-51(52)64(53)44-28-23-41(24-29-44)60(4,5)6/h15-18,23-38,40H,19-22H2,1-14H3. The highest BCUT2D eigenvalue weighted by atomic mass is 32.1. The fourth-order valence-electron chi connectivity index (χ4n) is 12.1. The highest BCUT2D eigenvalue weighted by Gasteiger charge is 2.44. The summed E-state index contributed by atoms with van der Waals surface area (Å²) in [6.07, 6.45) is 4.96. The predicted octanol–water partition coefficient (Wildman–Crippen LogP) is 19.5.